The quantitative estimate of drug-likeness (QED) is 0.367. The van der Waals surface area contributed by atoms with Crippen molar-refractivity contribution in [1.82, 2.24) is 10.3 Å². The Kier molecular flexibility index (Phi) is 8.16. The first-order valence-corrected chi connectivity index (χ1v) is 14.1. The summed E-state index contributed by atoms with van der Waals surface area (Å²) in [6.45, 7) is 0.712. The Labute approximate surface area is 176 Å². The zero-order chi connectivity index (χ0) is 18.5. The molecule has 0 aliphatic heterocycles. The van der Waals surface area contributed by atoms with Gasteiger partial charge in [0.1, 0.15) is 0 Å². The number of halogens is 2. The van der Waals surface area contributed by atoms with Crippen LogP contribution in [0.2, 0.25) is 21.7 Å². The third-order valence-corrected chi connectivity index (χ3v) is 6.93. The zero-order valence-electron chi connectivity index (χ0n) is 15.4. The molecule has 1 heterocycles. The average molecular weight is 465 g/mol. The van der Waals surface area contributed by atoms with Gasteiger partial charge in [0, 0.05) is 0 Å². The summed E-state index contributed by atoms with van der Waals surface area (Å²) in [5, 5.41) is 5.75. The third kappa shape index (κ3) is 5.72. The van der Waals surface area contributed by atoms with Crippen molar-refractivity contribution in [3.8, 4) is 11.3 Å². The molecule has 0 radical (unpaired) electrons. The number of carbonyl (C=O) groups is 1. The Bertz CT molecular complexity index is 917. The fourth-order valence-corrected chi connectivity index (χ4v) is 4.66. The van der Waals surface area contributed by atoms with Crippen molar-refractivity contribution < 1.29 is 4.79 Å². The van der Waals surface area contributed by atoms with E-state index in [2.05, 4.69) is 16.7 Å². The Morgan fingerprint density at radius 2 is 1.85 bits per heavy atom. The summed E-state index contributed by atoms with van der Waals surface area (Å²) in [5.74, 6) is -0.0526. The van der Waals surface area contributed by atoms with Crippen LogP contribution in [0.5, 0.6) is 0 Å². The van der Waals surface area contributed by atoms with E-state index in [4.69, 9.17) is 16.6 Å². The summed E-state index contributed by atoms with van der Waals surface area (Å²) in [5.41, 5.74) is 7.81. The number of rotatable bonds is 6. The van der Waals surface area contributed by atoms with Gasteiger partial charge in [-0.2, -0.15) is 0 Å². The Morgan fingerprint density at radius 1 is 1.11 bits per heavy atom. The van der Waals surface area contributed by atoms with Crippen LogP contribution in [0.25, 0.3) is 22.2 Å². The SMILES string of the molecule is C[As](C)CCCNC(=O)c1cc(-c2ccccc2)nc2cc(Cl)ccc12.Cl. The number of pyridine rings is 1. The molecule has 1 N–H and O–H groups in total. The molecule has 1 amide bonds. The zero-order valence-corrected chi connectivity index (χ0v) is 18.9. The number of hydrogen-bond acceptors (Lipinski definition) is 2. The van der Waals surface area contributed by atoms with Gasteiger partial charge in [0.25, 0.3) is 0 Å². The number of amides is 1. The number of fused-ring (bicyclic) bond motifs is 1. The number of benzene rings is 2. The Hall–Kier alpha value is -1.54. The van der Waals surface area contributed by atoms with E-state index < -0.39 is 14.7 Å². The van der Waals surface area contributed by atoms with Gasteiger partial charge in [-0.3, -0.25) is 0 Å². The van der Waals surface area contributed by atoms with Crippen LogP contribution in [-0.2, 0) is 0 Å². The standard InChI is InChI=1S/C21H22AsClN2O.ClH/c1-22(2)11-6-12-24-21(26)18-14-19(15-7-4-3-5-8-15)25-20-13-16(23)9-10-17(18)20;/h3-5,7-10,13-14H,6,11-12H2,1-2H3,(H,24,26);1H. The van der Waals surface area contributed by atoms with Gasteiger partial charge in [-0.15, -0.1) is 12.4 Å². The van der Waals surface area contributed by atoms with Crippen LogP contribution in [0.3, 0.4) is 0 Å². The summed E-state index contributed by atoms with van der Waals surface area (Å²) < 4.78 is 0. The summed E-state index contributed by atoms with van der Waals surface area (Å²) in [6, 6.07) is 17.2. The molecule has 142 valence electrons. The van der Waals surface area contributed by atoms with Gasteiger partial charge in [-0.05, 0) is 0 Å². The predicted molar refractivity (Wildman–Crippen MR) is 119 cm³/mol. The fourth-order valence-electron chi connectivity index (χ4n) is 2.84. The first-order chi connectivity index (χ1) is 12.5. The van der Waals surface area contributed by atoms with Gasteiger partial charge >= 0.3 is 164 Å². The summed E-state index contributed by atoms with van der Waals surface area (Å²) in [7, 11) is 0. The molecule has 0 unspecified atom stereocenters. The van der Waals surface area contributed by atoms with Crippen molar-refractivity contribution in [1.29, 1.82) is 0 Å². The Balaban J connectivity index is 0.00000261. The van der Waals surface area contributed by atoms with Crippen LogP contribution in [0, 0.1) is 0 Å². The van der Waals surface area contributed by atoms with E-state index in [-0.39, 0.29) is 18.3 Å². The minimum absolute atomic E-state index is 0. The van der Waals surface area contributed by atoms with Crippen LogP contribution in [0.1, 0.15) is 16.8 Å². The van der Waals surface area contributed by atoms with Gasteiger partial charge < -0.3 is 0 Å². The predicted octanol–water partition coefficient (Wildman–Crippen LogP) is 5.85. The monoisotopic (exact) mass is 464 g/mol. The van der Waals surface area contributed by atoms with E-state index in [1.807, 2.05) is 48.5 Å². The van der Waals surface area contributed by atoms with E-state index in [1.54, 1.807) is 6.07 Å². The molecule has 2 aromatic carbocycles. The normalized spacial score (nSPS) is 10.7. The molecule has 27 heavy (non-hydrogen) atoms. The van der Waals surface area contributed by atoms with Gasteiger partial charge in [0.2, 0.25) is 0 Å². The van der Waals surface area contributed by atoms with Crippen molar-refractivity contribution in [2.45, 2.75) is 23.1 Å². The van der Waals surface area contributed by atoms with E-state index in [9.17, 15) is 4.79 Å². The van der Waals surface area contributed by atoms with E-state index >= 15 is 0 Å². The second-order valence-corrected chi connectivity index (χ2v) is 12.4. The molecular formula is C21H23AsCl2N2O. The molecule has 0 fully saturated rings. The molecule has 1 aromatic heterocycles. The summed E-state index contributed by atoms with van der Waals surface area (Å²) in [6.07, 6.45) is 1.04. The van der Waals surface area contributed by atoms with Crippen molar-refractivity contribution in [2.75, 3.05) is 6.54 Å². The van der Waals surface area contributed by atoms with Gasteiger partial charge in [0.05, 0.1) is 0 Å². The molecule has 0 spiro atoms. The average Bonchev–Trinajstić information content (AvgIpc) is 2.64. The minimum Gasteiger partial charge on any atom is -0.147 e. The number of nitrogens with one attached hydrogen (secondary N) is 1. The molecule has 3 rings (SSSR count). The molecule has 0 saturated heterocycles. The number of nitrogens with zero attached hydrogens (tertiary/aromatic N) is 1. The van der Waals surface area contributed by atoms with Crippen LogP contribution in [0.4, 0.5) is 0 Å². The van der Waals surface area contributed by atoms with Gasteiger partial charge in [-0.1, -0.05) is 0 Å². The molecule has 6 heteroatoms. The summed E-state index contributed by atoms with van der Waals surface area (Å²) in [4.78, 5) is 17.5. The van der Waals surface area contributed by atoms with Crippen molar-refractivity contribution in [2.24, 2.45) is 0 Å². The van der Waals surface area contributed by atoms with Gasteiger partial charge in [0.15, 0.2) is 0 Å². The van der Waals surface area contributed by atoms with E-state index in [0.717, 1.165) is 28.6 Å². The molecule has 0 aliphatic carbocycles. The molecule has 0 aliphatic rings. The van der Waals surface area contributed by atoms with Crippen LogP contribution >= 0.6 is 24.0 Å². The smallest absolute Gasteiger partial charge is 0.147 e. The number of aromatic nitrogens is 1. The van der Waals surface area contributed by atoms with Crippen LogP contribution < -0.4 is 5.32 Å². The second kappa shape index (κ2) is 10.1. The van der Waals surface area contributed by atoms with Crippen LogP contribution in [-0.4, -0.2) is 32.1 Å². The number of hydrogen-bond donors (Lipinski definition) is 1. The molecule has 3 nitrogen and oxygen atoms in total. The van der Waals surface area contributed by atoms with Crippen molar-refractivity contribution in [3.63, 3.8) is 0 Å². The van der Waals surface area contributed by atoms with E-state index in [0.29, 0.717) is 17.1 Å². The third-order valence-electron chi connectivity index (χ3n) is 4.15. The molecule has 0 bridgehead atoms. The Morgan fingerprint density at radius 3 is 2.56 bits per heavy atom. The van der Waals surface area contributed by atoms with Crippen LogP contribution in [0.15, 0.2) is 54.6 Å². The van der Waals surface area contributed by atoms with Gasteiger partial charge in [-0.25, -0.2) is 0 Å². The fraction of sp³-hybridized carbons (Fsp3) is 0.238. The largest absolute Gasteiger partial charge is 0.147 e. The molecule has 0 saturated carbocycles. The van der Waals surface area contributed by atoms with E-state index in [1.165, 1.54) is 5.21 Å². The van der Waals surface area contributed by atoms with Crippen molar-refractivity contribution in [3.05, 3.63) is 65.2 Å². The second-order valence-electron chi connectivity index (χ2n) is 6.50. The summed E-state index contributed by atoms with van der Waals surface area (Å²) >= 11 is 5.51. The maximum absolute atomic E-state index is 12.8. The topological polar surface area (TPSA) is 42.0 Å². The molecule has 0 atom stereocenters. The molecule has 3 aromatic rings. The maximum Gasteiger partial charge on any atom is -0.147 e. The maximum atomic E-state index is 12.8. The van der Waals surface area contributed by atoms with Crippen molar-refractivity contribution >= 4 is 55.5 Å². The first-order valence-electron chi connectivity index (χ1n) is 8.63. The first kappa shape index (κ1) is 21.8. The minimum atomic E-state index is -0.639. The molecular weight excluding hydrogens is 442 g/mol. The number of carbonyl (C=O) groups excluding carboxylic acids is 1.